The molecule has 0 bridgehead atoms. The van der Waals surface area contributed by atoms with Gasteiger partial charge in [-0.15, -0.1) is 24.0 Å². The van der Waals surface area contributed by atoms with Gasteiger partial charge in [0, 0.05) is 12.1 Å². The van der Waals surface area contributed by atoms with Crippen molar-refractivity contribution in [3.05, 3.63) is 29.8 Å². The molecule has 1 aromatic rings. The molecule has 22 heavy (non-hydrogen) atoms. The second kappa shape index (κ2) is 9.92. The highest BCUT2D eigenvalue weighted by Crippen LogP contribution is 2.15. The number of guanidine groups is 1. The first-order valence-corrected chi connectivity index (χ1v) is 7.62. The molecule has 5 heteroatoms. The van der Waals surface area contributed by atoms with Gasteiger partial charge in [0.2, 0.25) is 0 Å². The number of nitrogens with one attached hydrogen (secondary N) is 2. The number of rotatable bonds is 5. The molecule has 0 radical (unpaired) electrons. The Labute approximate surface area is 152 Å². The zero-order chi connectivity index (χ0) is 15.9. The zero-order valence-corrected chi connectivity index (χ0v) is 16.9. The Morgan fingerprint density at radius 3 is 2.50 bits per heavy atom. The summed E-state index contributed by atoms with van der Waals surface area (Å²) in [5.41, 5.74) is 1.13. The summed E-state index contributed by atoms with van der Waals surface area (Å²) in [5.74, 6) is 1.73. The molecule has 0 saturated carbocycles. The van der Waals surface area contributed by atoms with E-state index in [1.807, 2.05) is 32.0 Å². The van der Waals surface area contributed by atoms with Crippen LogP contribution >= 0.6 is 24.0 Å². The number of aliphatic imine (C=N–C) groups is 1. The summed E-state index contributed by atoms with van der Waals surface area (Å²) in [6.07, 6.45) is 0.184. The van der Waals surface area contributed by atoms with E-state index >= 15 is 0 Å². The summed E-state index contributed by atoms with van der Waals surface area (Å²) in [5, 5.41) is 6.65. The molecule has 4 nitrogen and oxygen atoms in total. The van der Waals surface area contributed by atoms with Crippen molar-refractivity contribution in [3.8, 4) is 5.75 Å². The molecule has 1 aromatic carbocycles. The first-order valence-electron chi connectivity index (χ1n) is 7.62. The zero-order valence-electron chi connectivity index (χ0n) is 14.6. The lowest BCUT2D eigenvalue weighted by Crippen LogP contribution is -2.47. The molecule has 0 fully saturated rings. The highest BCUT2D eigenvalue weighted by Gasteiger charge is 2.11. The third-order valence-corrected chi connectivity index (χ3v) is 2.53. The normalized spacial score (nSPS) is 11.9. The molecule has 0 aliphatic carbocycles. The smallest absolute Gasteiger partial charge is 0.191 e. The van der Waals surface area contributed by atoms with Gasteiger partial charge in [0.25, 0.3) is 0 Å². The Balaban J connectivity index is 0.00000441. The molecule has 0 aliphatic heterocycles. The Morgan fingerprint density at radius 1 is 1.27 bits per heavy atom. The first kappa shape index (κ1) is 21.0. The monoisotopic (exact) mass is 419 g/mol. The summed E-state index contributed by atoms with van der Waals surface area (Å²) in [6.45, 7) is 14.0. The Morgan fingerprint density at radius 2 is 1.95 bits per heavy atom. The fourth-order valence-electron chi connectivity index (χ4n) is 1.82. The Bertz CT molecular complexity index is 467. The van der Waals surface area contributed by atoms with Crippen molar-refractivity contribution in [2.24, 2.45) is 4.99 Å². The van der Waals surface area contributed by atoms with Crippen LogP contribution in [0.3, 0.4) is 0 Å². The van der Waals surface area contributed by atoms with Crippen LogP contribution in [0.1, 0.15) is 47.1 Å². The van der Waals surface area contributed by atoms with E-state index in [2.05, 4.69) is 49.4 Å². The standard InChI is InChI=1S/C17H29N3O.HI/c1-7-18-16(20-17(4,5)6)19-12-14-9-8-10-15(11-14)21-13(2)3;/h8-11,13H,7,12H2,1-6H3,(H2,18,19,20);1H. The van der Waals surface area contributed by atoms with Gasteiger partial charge in [-0.1, -0.05) is 12.1 Å². The maximum atomic E-state index is 5.71. The van der Waals surface area contributed by atoms with E-state index in [0.29, 0.717) is 6.54 Å². The van der Waals surface area contributed by atoms with E-state index in [0.717, 1.165) is 23.8 Å². The van der Waals surface area contributed by atoms with Gasteiger partial charge < -0.3 is 15.4 Å². The molecule has 0 saturated heterocycles. The number of nitrogens with zero attached hydrogens (tertiary/aromatic N) is 1. The van der Waals surface area contributed by atoms with Crippen molar-refractivity contribution in [2.75, 3.05) is 6.54 Å². The van der Waals surface area contributed by atoms with E-state index in [-0.39, 0.29) is 35.6 Å². The minimum atomic E-state index is -0.0103. The molecule has 0 heterocycles. The average molecular weight is 419 g/mol. The highest BCUT2D eigenvalue weighted by molar-refractivity contribution is 14.0. The van der Waals surface area contributed by atoms with Crippen molar-refractivity contribution in [1.29, 1.82) is 0 Å². The fraction of sp³-hybridized carbons (Fsp3) is 0.588. The SMILES string of the molecule is CCNC(=NCc1cccc(OC(C)C)c1)NC(C)(C)C.I. The predicted octanol–water partition coefficient (Wildman–Crippen LogP) is 3.95. The molecular weight excluding hydrogens is 389 g/mol. The highest BCUT2D eigenvalue weighted by atomic mass is 127. The molecule has 0 unspecified atom stereocenters. The van der Waals surface area contributed by atoms with Crippen LogP contribution in [0, 0.1) is 0 Å². The molecular formula is C17H30IN3O. The molecule has 0 amide bonds. The number of hydrogen-bond donors (Lipinski definition) is 2. The van der Waals surface area contributed by atoms with Crippen LogP contribution in [0.4, 0.5) is 0 Å². The van der Waals surface area contributed by atoms with Gasteiger partial charge in [0.15, 0.2) is 5.96 Å². The molecule has 1 rings (SSSR count). The summed E-state index contributed by atoms with van der Waals surface area (Å²) >= 11 is 0. The van der Waals surface area contributed by atoms with Crippen LogP contribution in [0.5, 0.6) is 5.75 Å². The van der Waals surface area contributed by atoms with Crippen molar-refractivity contribution in [1.82, 2.24) is 10.6 Å². The van der Waals surface area contributed by atoms with Crippen LogP contribution in [0.2, 0.25) is 0 Å². The van der Waals surface area contributed by atoms with Gasteiger partial charge >= 0.3 is 0 Å². The van der Waals surface area contributed by atoms with Crippen LogP contribution in [-0.4, -0.2) is 24.1 Å². The van der Waals surface area contributed by atoms with Crippen molar-refractivity contribution >= 4 is 29.9 Å². The summed E-state index contributed by atoms with van der Waals surface area (Å²) < 4.78 is 5.71. The average Bonchev–Trinajstić information content (AvgIpc) is 2.34. The van der Waals surface area contributed by atoms with Gasteiger partial charge in [-0.25, -0.2) is 4.99 Å². The molecule has 0 spiro atoms. The quantitative estimate of drug-likeness (QED) is 0.432. The van der Waals surface area contributed by atoms with Crippen LogP contribution < -0.4 is 15.4 Å². The summed E-state index contributed by atoms with van der Waals surface area (Å²) in [7, 11) is 0. The Hall–Kier alpha value is -0.980. The van der Waals surface area contributed by atoms with Gasteiger partial charge in [-0.05, 0) is 59.2 Å². The third kappa shape index (κ3) is 9.12. The predicted molar refractivity (Wildman–Crippen MR) is 105 cm³/mol. The molecule has 126 valence electrons. The van der Waals surface area contributed by atoms with Gasteiger partial charge in [-0.2, -0.15) is 0 Å². The van der Waals surface area contributed by atoms with E-state index < -0.39 is 0 Å². The number of hydrogen-bond acceptors (Lipinski definition) is 2. The lowest BCUT2D eigenvalue weighted by atomic mass is 10.1. The maximum absolute atomic E-state index is 5.71. The minimum Gasteiger partial charge on any atom is -0.491 e. The van der Waals surface area contributed by atoms with Crippen molar-refractivity contribution in [2.45, 2.75) is 59.7 Å². The van der Waals surface area contributed by atoms with Gasteiger partial charge in [0.1, 0.15) is 5.75 Å². The second-order valence-corrected chi connectivity index (χ2v) is 6.38. The molecule has 2 N–H and O–H groups in total. The fourth-order valence-corrected chi connectivity index (χ4v) is 1.82. The molecule has 0 aliphatic rings. The Kier molecular flexibility index (Phi) is 9.48. The summed E-state index contributed by atoms with van der Waals surface area (Å²) in [6, 6.07) is 8.10. The lowest BCUT2D eigenvalue weighted by molar-refractivity contribution is 0.242. The van der Waals surface area contributed by atoms with E-state index in [9.17, 15) is 0 Å². The van der Waals surface area contributed by atoms with E-state index in [1.165, 1.54) is 0 Å². The topological polar surface area (TPSA) is 45.7 Å². The first-order chi connectivity index (χ1) is 9.80. The third-order valence-electron chi connectivity index (χ3n) is 2.53. The van der Waals surface area contributed by atoms with Crippen LogP contribution in [0.25, 0.3) is 0 Å². The number of halogens is 1. The lowest BCUT2D eigenvalue weighted by Gasteiger charge is -2.23. The van der Waals surface area contributed by atoms with Crippen molar-refractivity contribution in [3.63, 3.8) is 0 Å². The maximum Gasteiger partial charge on any atom is 0.191 e. The molecule has 0 aromatic heterocycles. The summed E-state index contributed by atoms with van der Waals surface area (Å²) in [4.78, 5) is 4.63. The van der Waals surface area contributed by atoms with E-state index in [4.69, 9.17) is 4.74 Å². The van der Waals surface area contributed by atoms with E-state index in [1.54, 1.807) is 0 Å². The van der Waals surface area contributed by atoms with Crippen LogP contribution in [0.15, 0.2) is 29.3 Å². The molecule has 0 atom stereocenters. The number of ether oxygens (including phenoxy) is 1. The van der Waals surface area contributed by atoms with Crippen LogP contribution in [-0.2, 0) is 6.54 Å². The minimum absolute atomic E-state index is 0. The van der Waals surface area contributed by atoms with Gasteiger partial charge in [0.05, 0.1) is 12.6 Å². The second-order valence-electron chi connectivity index (χ2n) is 6.38. The number of benzene rings is 1. The largest absolute Gasteiger partial charge is 0.491 e. The van der Waals surface area contributed by atoms with Crippen molar-refractivity contribution < 1.29 is 4.74 Å². The van der Waals surface area contributed by atoms with Gasteiger partial charge in [-0.3, -0.25) is 0 Å².